The Labute approximate surface area is 151 Å². The molecule has 2 amide bonds. The van der Waals surface area contributed by atoms with Crippen LogP contribution in [0.25, 0.3) is 0 Å². The van der Waals surface area contributed by atoms with Crippen molar-refractivity contribution < 1.29 is 9.59 Å². The Morgan fingerprint density at radius 1 is 0.880 bits per heavy atom. The van der Waals surface area contributed by atoms with Gasteiger partial charge in [0.2, 0.25) is 0 Å². The Kier molecular flexibility index (Phi) is 6.06. The molecule has 1 aromatic carbocycles. The van der Waals surface area contributed by atoms with Gasteiger partial charge in [-0.25, -0.2) is 4.90 Å². The van der Waals surface area contributed by atoms with Crippen molar-refractivity contribution in [1.82, 2.24) is 0 Å². The molecule has 0 spiro atoms. The summed E-state index contributed by atoms with van der Waals surface area (Å²) >= 11 is 0. The highest BCUT2D eigenvalue weighted by Crippen LogP contribution is 2.34. The Morgan fingerprint density at radius 3 is 2.00 bits per heavy atom. The van der Waals surface area contributed by atoms with E-state index in [4.69, 9.17) is 0 Å². The molecule has 0 bridgehead atoms. The first-order valence-electron chi connectivity index (χ1n) is 9.82. The van der Waals surface area contributed by atoms with E-state index >= 15 is 0 Å². The van der Waals surface area contributed by atoms with Gasteiger partial charge >= 0.3 is 0 Å². The SMILES string of the molecule is CCCCC1CCC(CCc2ccc(N3C(=O)C=CC3=O)cc2)CC1. The van der Waals surface area contributed by atoms with Gasteiger partial charge in [-0.1, -0.05) is 64.0 Å². The summed E-state index contributed by atoms with van der Waals surface area (Å²) in [6.07, 6.45) is 14.7. The van der Waals surface area contributed by atoms with Crippen molar-refractivity contribution in [3.8, 4) is 0 Å². The Hall–Kier alpha value is -1.90. The molecule has 25 heavy (non-hydrogen) atoms. The van der Waals surface area contributed by atoms with Gasteiger partial charge in [-0.15, -0.1) is 0 Å². The number of anilines is 1. The predicted octanol–water partition coefficient (Wildman–Crippen LogP) is 5.05. The van der Waals surface area contributed by atoms with E-state index in [1.165, 1.54) is 74.0 Å². The number of carbonyl (C=O) groups excluding carboxylic acids is 2. The fraction of sp³-hybridized carbons (Fsp3) is 0.545. The van der Waals surface area contributed by atoms with Crippen LogP contribution in [-0.2, 0) is 16.0 Å². The van der Waals surface area contributed by atoms with Crippen molar-refractivity contribution in [3.05, 3.63) is 42.0 Å². The van der Waals surface area contributed by atoms with Crippen LogP contribution < -0.4 is 4.90 Å². The molecule has 1 aliphatic carbocycles. The molecule has 3 rings (SSSR count). The molecule has 1 heterocycles. The molecule has 2 aliphatic rings. The number of hydrogen-bond acceptors (Lipinski definition) is 2. The van der Waals surface area contributed by atoms with Gasteiger partial charge in [0.25, 0.3) is 11.8 Å². The van der Waals surface area contributed by atoms with Gasteiger partial charge < -0.3 is 0 Å². The monoisotopic (exact) mass is 339 g/mol. The van der Waals surface area contributed by atoms with Gasteiger partial charge in [0.1, 0.15) is 0 Å². The molecule has 3 nitrogen and oxygen atoms in total. The highest BCUT2D eigenvalue weighted by molar-refractivity contribution is 6.28. The normalized spacial score (nSPS) is 23.5. The summed E-state index contributed by atoms with van der Waals surface area (Å²) in [5.74, 6) is 1.33. The Bertz CT molecular complexity index is 606. The summed E-state index contributed by atoms with van der Waals surface area (Å²) in [5, 5.41) is 0. The van der Waals surface area contributed by atoms with Crippen molar-refractivity contribution in [2.45, 2.75) is 64.7 Å². The van der Waals surface area contributed by atoms with E-state index in [9.17, 15) is 9.59 Å². The molecule has 0 saturated heterocycles. The van der Waals surface area contributed by atoms with Crippen LogP contribution in [0.1, 0.15) is 63.9 Å². The number of unbranched alkanes of at least 4 members (excludes halogenated alkanes) is 1. The van der Waals surface area contributed by atoms with Crippen LogP contribution in [0.2, 0.25) is 0 Å². The highest BCUT2D eigenvalue weighted by atomic mass is 16.2. The van der Waals surface area contributed by atoms with Crippen molar-refractivity contribution >= 4 is 17.5 Å². The number of nitrogens with zero attached hydrogens (tertiary/aromatic N) is 1. The van der Waals surface area contributed by atoms with Crippen molar-refractivity contribution in [3.63, 3.8) is 0 Å². The van der Waals surface area contributed by atoms with Crippen LogP contribution in [0.4, 0.5) is 5.69 Å². The maximum atomic E-state index is 11.7. The molecular weight excluding hydrogens is 310 g/mol. The number of rotatable bonds is 7. The van der Waals surface area contributed by atoms with Crippen LogP contribution in [0, 0.1) is 11.8 Å². The average Bonchev–Trinajstić information content (AvgIpc) is 2.98. The van der Waals surface area contributed by atoms with Gasteiger partial charge in [-0.05, 0) is 42.4 Å². The lowest BCUT2D eigenvalue weighted by atomic mass is 9.78. The third-order valence-corrected chi connectivity index (χ3v) is 5.78. The minimum absolute atomic E-state index is 0.252. The standard InChI is InChI=1S/C22H29NO2/c1-2-3-4-17-5-7-18(8-6-17)9-10-19-11-13-20(14-12-19)23-21(24)15-16-22(23)25/h11-18H,2-10H2,1H3. The van der Waals surface area contributed by atoms with E-state index in [1.54, 1.807) is 0 Å². The quantitative estimate of drug-likeness (QED) is 0.652. The van der Waals surface area contributed by atoms with Crippen LogP contribution in [-0.4, -0.2) is 11.8 Å². The fourth-order valence-electron chi connectivity index (χ4n) is 4.14. The minimum Gasteiger partial charge on any atom is -0.269 e. The van der Waals surface area contributed by atoms with Crippen LogP contribution >= 0.6 is 0 Å². The minimum atomic E-state index is -0.252. The second-order valence-corrected chi connectivity index (χ2v) is 7.58. The first kappa shape index (κ1) is 17.9. The van der Waals surface area contributed by atoms with E-state index in [0.29, 0.717) is 5.69 Å². The van der Waals surface area contributed by atoms with Crippen LogP contribution in [0.15, 0.2) is 36.4 Å². The first-order chi connectivity index (χ1) is 12.2. The zero-order valence-electron chi connectivity index (χ0n) is 15.2. The van der Waals surface area contributed by atoms with Crippen molar-refractivity contribution in [2.24, 2.45) is 11.8 Å². The number of imide groups is 1. The summed E-state index contributed by atoms with van der Waals surface area (Å²) in [5.41, 5.74) is 1.96. The molecule has 3 heteroatoms. The molecule has 0 aromatic heterocycles. The number of aryl methyl sites for hydroxylation is 1. The smallest absolute Gasteiger partial charge is 0.258 e. The molecule has 1 saturated carbocycles. The van der Waals surface area contributed by atoms with Gasteiger partial charge in [0.15, 0.2) is 0 Å². The summed E-state index contributed by atoms with van der Waals surface area (Å²) in [7, 11) is 0. The number of hydrogen-bond donors (Lipinski definition) is 0. The highest BCUT2D eigenvalue weighted by Gasteiger charge is 2.25. The zero-order valence-corrected chi connectivity index (χ0v) is 15.2. The van der Waals surface area contributed by atoms with Crippen LogP contribution in [0.3, 0.4) is 0 Å². The lowest BCUT2D eigenvalue weighted by Gasteiger charge is -2.28. The second-order valence-electron chi connectivity index (χ2n) is 7.58. The number of amides is 2. The number of benzene rings is 1. The average molecular weight is 339 g/mol. The third kappa shape index (κ3) is 4.59. The molecule has 1 aliphatic heterocycles. The molecule has 134 valence electrons. The van der Waals surface area contributed by atoms with Gasteiger partial charge in [-0.2, -0.15) is 0 Å². The molecule has 1 fully saturated rings. The van der Waals surface area contributed by atoms with Gasteiger partial charge in [-0.3, -0.25) is 9.59 Å². The lowest BCUT2D eigenvalue weighted by molar-refractivity contribution is -0.119. The van der Waals surface area contributed by atoms with E-state index in [1.807, 2.05) is 12.1 Å². The summed E-state index contributed by atoms with van der Waals surface area (Å²) in [6.45, 7) is 2.28. The van der Waals surface area contributed by atoms with Gasteiger partial charge in [0.05, 0.1) is 5.69 Å². The lowest BCUT2D eigenvalue weighted by Crippen LogP contribution is -2.29. The van der Waals surface area contributed by atoms with Crippen LogP contribution in [0.5, 0.6) is 0 Å². The maximum absolute atomic E-state index is 11.7. The van der Waals surface area contributed by atoms with E-state index in [-0.39, 0.29) is 11.8 Å². The van der Waals surface area contributed by atoms with E-state index in [0.717, 1.165) is 18.3 Å². The molecule has 0 unspecified atom stereocenters. The largest absolute Gasteiger partial charge is 0.269 e. The molecule has 0 N–H and O–H groups in total. The molecule has 0 radical (unpaired) electrons. The summed E-state index contributed by atoms with van der Waals surface area (Å²) < 4.78 is 0. The first-order valence-corrected chi connectivity index (χ1v) is 9.82. The maximum Gasteiger partial charge on any atom is 0.258 e. The van der Waals surface area contributed by atoms with Crippen molar-refractivity contribution in [2.75, 3.05) is 4.90 Å². The Balaban J connectivity index is 1.45. The van der Waals surface area contributed by atoms with Crippen molar-refractivity contribution in [1.29, 1.82) is 0 Å². The second kappa shape index (κ2) is 8.46. The van der Waals surface area contributed by atoms with Gasteiger partial charge in [0, 0.05) is 12.2 Å². The molecule has 1 aromatic rings. The summed E-state index contributed by atoms with van der Waals surface area (Å²) in [4.78, 5) is 24.6. The Morgan fingerprint density at radius 2 is 1.44 bits per heavy atom. The topological polar surface area (TPSA) is 37.4 Å². The third-order valence-electron chi connectivity index (χ3n) is 5.78. The number of carbonyl (C=O) groups is 2. The summed E-state index contributed by atoms with van der Waals surface area (Å²) in [6, 6.07) is 7.89. The fourth-order valence-corrected chi connectivity index (χ4v) is 4.14. The predicted molar refractivity (Wildman–Crippen MR) is 101 cm³/mol. The van der Waals surface area contributed by atoms with E-state index in [2.05, 4.69) is 19.1 Å². The zero-order chi connectivity index (χ0) is 17.6. The molecule has 0 atom stereocenters. The molecular formula is C22H29NO2. The van der Waals surface area contributed by atoms with E-state index < -0.39 is 0 Å².